The number of unbranched alkanes of at least 4 members (excludes halogenated alkanes) is 4. The van der Waals surface area contributed by atoms with Gasteiger partial charge in [0.1, 0.15) is 0 Å². The third-order valence-electron chi connectivity index (χ3n) is 5.39. The second-order valence-electron chi connectivity index (χ2n) is 7.10. The molecule has 0 saturated heterocycles. The quantitative estimate of drug-likeness (QED) is 0.376. The lowest BCUT2D eigenvalue weighted by molar-refractivity contribution is 0.0958. The van der Waals surface area contributed by atoms with Crippen LogP contribution in [0.25, 0.3) is 0 Å². The monoisotopic (exact) mass is 318 g/mol. The highest BCUT2D eigenvalue weighted by atomic mass is 19.1. The molecule has 2 rings (SSSR count). The first-order valence-corrected chi connectivity index (χ1v) is 9.43. The van der Waals surface area contributed by atoms with Crippen molar-refractivity contribution in [3.8, 4) is 0 Å². The Morgan fingerprint density at radius 1 is 1.00 bits per heavy atom. The summed E-state index contributed by atoms with van der Waals surface area (Å²) in [5.41, 5.74) is 1.82. The Bertz CT molecular complexity index is 457. The normalized spacial score (nSPS) is 21.3. The van der Waals surface area contributed by atoms with Gasteiger partial charge in [-0.3, -0.25) is 4.79 Å². The molecule has 0 bridgehead atoms. The van der Waals surface area contributed by atoms with Crippen LogP contribution in [0.2, 0.25) is 0 Å². The first-order chi connectivity index (χ1) is 11.2. The van der Waals surface area contributed by atoms with Gasteiger partial charge in [0.15, 0.2) is 12.5 Å². The summed E-state index contributed by atoms with van der Waals surface area (Å²) in [5.74, 6) is 1.13. The van der Waals surface area contributed by atoms with Crippen molar-refractivity contribution < 1.29 is 9.18 Å². The fourth-order valence-corrected chi connectivity index (χ4v) is 3.84. The highest BCUT2D eigenvalue weighted by Crippen LogP contribution is 2.37. The number of alkyl halides is 1. The lowest BCUT2D eigenvalue weighted by Crippen LogP contribution is -2.13. The lowest BCUT2D eigenvalue weighted by Gasteiger charge is -2.29. The topological polar surface area (TPSA) is 17.1 Å². The Balaban J connectivity index is 1.72. The molecule has 0 heterocycles. The van der Waals surface area contributed by atoms with Crippen LogP contribution < -0.4 is 0 Å². The SMILES string of the molecule is CCCCCCCC1CCC(c2ccc(C(=O)CF)cc2)CC1. The van der Waals surface area contributed by atoms with Crippen molar-refractivity contribution in [1.82, 2.24) is 0 Å². The molecule has 0 aromatic heterocycles. The summed E-state index contributed by atoms with van der Waals surface area (Å²) < 4.78 is 12.4. The van der Waals surface area contributed by atoms with E-state index >= 15 is 0 Å². The van der Waals surface area contributed by atoms with Crippen molar-refractivity contribution in [2.45, 2.75) is 77.0 Å². The van der Waals surface area contributed by atoms with Gasteiger partial charge in [-0.2, -0.15) is 0 Å². The molecule has 0 radical (unpaired) electrons. The van der Waals surface area contributed by atoms with Gasteiger partial charge in [0.05, 0.1) is 0 Å². The first-order valence-electron chi connectivity index (χ1n) is 9.43. The molecule has 0 unspecified atom stereocenters. The summed E-state index contributed by atoms with van der Waals surface area (Å²) in [4.78, 5) is 11.3. The zero-order valence-corrected chi connectivity index (χ0v) is 14.5. The van der Waals surface area contributed by atoms with Crippen LogP contribution >= 0.6 is 0 Å². The number of carbonyl (C=O) groups is 1. The minimum atomic E-state index is -0.900. The van der Waals surface area contributed by atoms with Crippen LogP contribution in [-0.4, -0.2) is 12.5 Å². The van der Waals surface area contributed by atoms with Gasteiger partial charge in [0, 0.05) is 5.56 Å². The molecule has 1 aromatic carbocycles. The van der Waals surface area contributed by atoms with Crippen LogP contribution in [0, 0.1) is 5.92 Å². The summed E-state index contributed by atoms with van der Waals surface area (Å²) in [6, 6.07) is 7.63. The molecule has 23 heavy (non-hydrogen) atoms. The number of hydrogen-bond donors (Lipinski definition) is 0. The summed E-state index contributed by atoms with van der Waals surface area (Å²) >= 11 is 0. The number of hydrogen-bond acceptors (Lipinski definition) is 1. The fraction of sp³-hybridized carbons (Fsp3) is 0.667. The van der Waals surface area contributed by atoms with Crippen LogP contribution in [0.4, 0.5) is 4.39 Å². The summed E-state index contributed by atoms with van der Waals surface area (Å²) in [6.07, 6.45) is 13.5. The van der Waals surface area contributed by atoms with Gasteiger partial charge in [-0.25, -0.2) is 4.39 Å². The fourth-order valence-electron chi connectivity index (χ4n) is 3.84. The van der Waals surface area contributed by atoms with Crippen LogP contribution in [0.5, 0.6) is 0 Å². The molecule has 1 saturated carbocycles. The Labute approximate surface area is 140 Å². The van der Waals surface area contributed by atoms with Gasteiger partial charge in [-0.15, -0.1) is 0 Å². The number of Topliss-reactive ketones (excluding diaryl/α,β-unsaturated/α-hetero) is 1. The summed E-state index contributed by atoms with van der Waals surface area (Å²) in [5, 5.41) is 0. The van der Waals surface area contributed by atoms with Crippen molar-refractivity contribution in [2.24, 2.45) is 5.92 Å². The number of ketones is 1. The molecule has 1 aliphatic carbocycles. The van der Waals surface area contributed by atoms with E-state index in [2.05, 4.69) is 6.92 Å². The van der Waals surface area contributed by atoms with Gasteiger partial charge < -0.3 is 0 Å². The van der Waals surface area contributed by atoms with E-state index in [-0.39, 0.29) is 0 Å². The molecule has 0 spiro atoms. The van der Waals surface area contributed by atoms with Crippen molar-refractivity contribution >= 4 is 5.78 Å². The van der Waals surface area contributed by atoms with Crippen molar-refractivity contribution in [1.29, 1.82) is 0 Å². The minimum absolute atomic E-state index is 0.414. The molecule has 0 aliphatic heterocycles. The lowest BCUT2D eigenvalue weighted by atomic mass is 9.77. The van der Waals surface area contributed by atoms with E-state index in [0.717, 1.165) is 5.92 Å². The van der Waals surface area contributed by atoms with Gasteiger partial charge >= 0.3 is 0 Å². The highest BCUT2D eigenvalue weighted by Gasteiger charge is 2.22. The Hall–Kier alpha value is -1.18. The summed E-state index contributed by atoms with van der Waals surface area (Å²) in [6.45, 7) is 1.37. The molecular weight excluding hydrogens is 287 g/mol. The number of benzene rings is 1. The zero-order chi connectivity index (χ0) is 16.5. The molecule has 0 amide bonds. The standard InChI is InChI=1S/C21H31FO/c1-2-3-4-5-6-7-17-8-10-18(11-9-17)19-12-14-20(15-13-19)21(23)16-22/h12-15,17-18H,2-11,16H2,1H3. The number of halogens is 1. The maximum atomic E-state index is 12.4. The molecule has 2 heteroatoms. The van der Waals surface area contributed by atoms with Crippen LogP contribution in [0.1, 0.15) is 93.0 Å². The van der Waals surface area contributed by atoms with Gasteiger partial charge in [0.2, 0.25) is 0 Å². The van der Waals surface area contributed by atoms with E-state index in [0.29, 0.717) is 11.5 Å². The summed E-state index contributed by atoms with van der Waals surface area (Å²) in [7, 11) is 0. The maximum Gasteiger partial charge on any atom is 0.193 e. The van der Waals surface area contributed by atoms with Crippen molar-refractivity contribution in [3.63, 3.8) is 0 Å². The molecule has 0 N–H and O–H groups in total. The molecule has 128 valence electrons. The van der Waals surface area contributed by atoms with Crippen molar-refractivity contribution in [2.75, 3.05) is 6.67 Å². The van der Waals surface area contributed by atoms with E-state index in [1.165, 1.54) is 69.8 Å². The predicted octanol–water partition coefficient (Wildman–Crippen LogP) is 6.47. The van der Waals surface area contributed by atoms with E-state index in [1.54, 1.807) is 12.1 Å². The molecule has 1 aromatic rings. The molecule has 1 fully saturated rings. The maximum absolute atomic E-state index is 12.4. The van der Waals surface area contributed by atoms with E-state index in [1.807, 2.05) is 12.1 Å². The van der Waals surface area contributed by atoms with E-state index < -0.39 is 12.5 Å². The van der Waals surface area contributed by atoms with E-state index in [9.17, 15) is 9.18 Å². The second kappa shape index (κ2) is 9.85. The zero-order valence-electron chi connectivity index (χ0n) is 14.5. The molecule has 0 atom stereocenters. The first kappa shape index (κ1) is 18.2. The van der Waals surface area contributed by atoms with E-state index in [4.69, 9.17) is 0 Å². The average Bonchev–Trinajstić information content (AvgIpc) is 2.61. The molecular formula is C21H31FO. The third-order valence-corrected chi connectivity index (χ3v) is 5.39. The molecule has 1 nitrogen and oxygen atoms in total. The largest absolute Gasteiger partial charge is 0.291 e. The van der Waals surface area contributed by atoms with Gasteiger partial charge in [-0.1, -0.05) is 69.7 Å². The number of carbonyl (C=O) groups excluding carboxylic acids is 1. The van der Waals surface area contributed by atoms with Gasteiger partial charge in [0.25, 0.3) is 0 Å². The number of rotatable bonds is 9. The molecule has 1 aliphatic rings. The highest BCUT2D eigenvalue weighted by molar-refractivity contribution is 5.96. The second-order valence-corrected chi connectivity index (χ2v) is 7.10. The van der Waals surface area contributed by atoms with Crippen LogP contribution in [0.3, 0.4) is 0 Å². The minimum Gasteiger partial charge on any atom is -0.291 e. The predicted molar refractivity (Wildman–Crippen MR) is 94.8 cm³/mol. The Kier molecular flexibility index (Phi) is 7.78. The Morgan fingerprint density at radius 3 is 2.26 bits per heavy atom. The third kappa shape index (κ3) is 5.75. The van der Waals surface area contributed by atoms with Crippen molar-refractivity contribution in [3.05, 3.63) is 35.4 Å². The smallest absolute Gasteiger partial charge is 0.193 e. The van der Waals surface area contributed by atoms with Crippen LogP contribution in [0.15, 0.2) is 24.3 Å². The average molecular weight is 318 g/mol. The Morgan fingerprint density at radius 2 is 1.65 bits per heavy atom. The van der Waals surface area contributed by atoms with Gasteiger partial charge in [-0.05, 0) is 43.1 Å². The van der Waals surface area contributed by atoms with Crippen LogP contribution in [-0.2, 0) is 0 Å².